The fourth-order valence-electron chi connectivity index (χ4n) is 1.13. The number of ether oxygens (including phenoxy) is 2. The van der Waals surface area contributed by atoms with Crippen LogP contribution in [0.3, 0.4) is 0 Å². The van der Waals surface area contributed by atoms with Crippen LogP contribution in [-0.2, 0) is 4.74 Å². The van der Waals surface area contributed by atoms with Gasteiger partial charge in [0.15, 0.2) is 5.75 Å². The Kier molecular flexibility index (Phi) is 4.80. The predicted octanol–water partition coefficient (Wildman–Crippen LogP) is 2.95. The molecule has 0 amide bonds. The minimum Gasteiger partial charge on any atom is -0.489 e. The average molecular weight is 285 g/mol. The highest BCUT2D eigenvalue weighted by atomic mass is 35.5. The molecule has 0 atom stereocenters. The maximum atomic E-state index is 11.7. The Morgan fingerprint density at radius 3 is 2.56 bits per heavy atom. The summed E-state index contributed by atoms with van der Waals surface area (Å²) < 4.78 is 43.4. The number of rotatable bonds is 5. The van der Waals surface area contributed by atoms with Gasteiger partial charge in [-0.05, 0) is 12.1 Å². The van der Waals surface area contributed by atoms with Crippen LogP contribution in [-0.4, -0.2) is 30.7 Å². The van der Waals surface area contributed by atoms with Gasteiger partial charge in [-0.15, -0.1) is 13.2 Å². The summed E-state index contributed by atoms with van der Waals surface area (Å²) in [5, 5.41) is 8.83. The third kappa shape index (κ3) is 4.42. The van der Waals surface area contributed by atoms with E-state index in [2.05, 4.69) is 4.74 Å². The number of carboxylic acids is 1. The summed E-state index contributed by atoms with van der Waals surface area (Å²) in [6.45, 7) is -1.22. The van der Waals surface area contributed by atoms with Gasteiger partial charge in [0.2, 0.25) is 0 Å². The average Bonchev–Trinajstić information content (AvgIpc) is 2.24. The molecule has 1 aromatic rings. The second-order valence-electron chi connectivity index (χ2n) is 3.06. The number of carbonyl (C=O) groups is 1. The van der Waals surface area contributed by atoms with E-state index in [0.717, 1.165) is 0 Å². The van der Waals surface area contributed by atoms with Crippen LogP contribution in [0.4, 0.5) is 13.2 Å². The summed E-state index contributed by atoms with van der Waals surface area (Å²) >= 11 is 5.69. The monoisotopic (exact) mass is 284 g/mol. The van der Waals surface area contributed by atoms with Crippen molar-refractivity contribution < 1.29 is 32.5 Å². The summed E-state index contributed by atoms with van der Waals surface area (Å²) in [4.78, 5) is 10.8. The molecule has 0 radical (unpaired) electrons. The van der Waals surface area contributed by atoms with Crippen molar-refractivity contribution in [2.45, 2.75) is 6.36 Å². The first kappa shape index (κ1) is 14.6. The molecule has 0 spiro atoms. The van der Waals surface area contributed by atoms with Crippen molar-refractivity contribution >= 4 is 17.6 Å². The molecule has 0 fully saturated rings. The third-order valence-electron chi connectivity index (χ3n) is 1.79. The number of para-hydroxylation sites is 1. The van der Waals surface area contributed by atoms with Crippen LogP contribution in [0.15, 0.2) is 18.2 Å². The zero-order valence-electron chi connectivity index (χ0n) is 8.83. The minimum atomic E-state index is -4.75. The Bertz CT molecular complexity index is 434. The molecule has 1 N–H and O–H groups in total. The quantitative estimate of drug-likeness (QED) is 0.845. The third-order valence-corrected chi connectivity index (χ3v) is 2.09. The Labute approximate surface area is 105 Å². The van der Waals surface area contributed by atoms with E-state index in [1.807, 2.05) is 0 Å². The maximum Gasteiger partial charge on any atom is 0.522 e. The molecule has 0 aliphatic heterocycles. The second kappa shape index (κ2) is 5.92. The fraction of sp³-hybridized carbons (Fsp3) is 0.300. The predicted molar refractivity (Wildman–Crippen MR) is 55.9 cm³/mol. The summed E-state index contributed by atoms with van der Waals surface area (Å²) in [6.07, 6.45) is -4.75. The van der Waals surface area contributed by atoms with Crippen molar-refractivity contribution in [1.82, 2.24) is 0 Å². The van der Waals surface area contributed by atoms with Gasteiger partial charge < -0.3 is 9.84 Å². The summed E-state index contributed by atoms with van der Waals surface area (Å²) in [5.74, 6) is -1.47. The first-order chi connectivity index (χ1) is 8.31. The van der Waals surface area contributed by atoms with E-state index in [4.69, 9.17) is 21.4 Å². The van der Waals surface area contributed by atoms with Crippen molar-refractivity contribution in [2.24, 2.45) is 0 Å². The van der Waals surface area contributed by atoms with Gasteiger partial charge in [0.25, 0.3) is 0 Å². The van der Waals surface area contributed by atoms with Gasteiger partial charge in [0, 0.05) is 0 Å². The lowest BCUT2D eigenvalue weighted by molar-refractivity contribution is -0.325. The van der Waals surface area contributed by atoms with E-state index in [1.54, 1.807) is 0 Å². The Balaban J connectivity index is 2.64. The van der Waals surface area contributed by atoms with E-state index >= 15 is 0 Å². The lowest BCUT2D eigenvalue weighted by Gasteiger charge is -2.11. The van der Waals surface area contributed by atoms with E-state index in [1.165, 1.54) is 18.2 Å². The normalized spacial score (nSPS) is 11.3. The van der Waals surface area contributed by atoms with Crippen LogP contribution in [0, 0.1) is 0 Å². The number of benzene rings is 1. The van der Waals surface area contributed by atoms with Crippen molar-refractivity contribution in [3.63, 3.8) is 0 Å². The Morgan fingerprint density at radius 2 is 2.00 bits per heavy atom. The van der Waals surface area contributed by atoms with Crippen LogP contribution in [0.1, 0.15) is 10.4 Å². The molecule has 0 aliphatic rings. The highest BCUT2D eigenvalue weighted by Gasteiger charge is 2.28. The van der Waals surface area contributed by atoms with Gasteiger partial charge in [-0.3, -0.25) is 4.74 Å². The van der Waals surface area contributed by atoms with E-state index in [9.17, 15) is 18.0 Å². The lowest BCUT2D eigenvalue weighted by atomic mass is 10.2. The molecule has 0 aliphatic carbocycles. The first-order valence-electron chi connectivity index (χ1n) is 4.66. The number of carboxylic acid groups (broad SMARTS) is 1. The number of hydrogen-bond acceptors (Lipinski definition) is 3. The molecule has 1 aromatic carbocycles. The number of halogens is 4. The number of hydrogen-bond donors (Lipinski definition) is 1. The van der Waals surface area contributed by atoms with Crippen molar-refractivity contribution in [3.8, 4) is 5.75 Å². The van der Waals surface area contributed by atoms with E-state index in [-0.39, 0.29) is 16.3 Å². The SMILES string of the molecule is O=C(O)c1cccc(Cl)c1OCCOC(F)(F)F. The largest absolute Gasteiger partial charge is 0.522 e. The lowest BCUT2D eigenvalue weighted by Crippen LogP contribution is -2.18. The van der Waals surface area contributed by atoms with Crippen molar-refractivity contribution in [3.05, 3.63) is 28.8 Å². The van der Waals surface area contributed by atoms with Gasteiger partial charge in [0.1, 0.15) is 12.2 Å². The van der Waals surface area contributed by atoms with E-state index in [0.29, 0.717) is 0 Å². The smallest absolute Gasteiger partial charge is 0.489 e. The maximum absolute atomic E-state index is 11.7. The molecule has 0 saturated heterocycles. The zero-order chi connectivity index (χ0) is 13.8. The second-order valence-corrected chi connectivity index (χ2v) is 3.47. The summed E-state index contributed by atoms with van der Waals surface area (Å²) in [5.41, 5.74) is -0.227. The molecule has 8 heteroatoms. The molecule has 0 heterocycles. The molecule has 0 saturated carbocycles. The molecular weight excluding hydrogens is 277 g/mol. The topological polar surface area (TPSA) is 55.8 Å². The highest BCUT2D eigenvalue weighted by Crippen LogP contribution is 2.28. The standard InChI is InChI=1S/C10H8ClF3O4/c11-7-3-1-2-6(9(15)16)8(7)17-4-5-18-10(12,13)14/h1-3H,4-5H2,(H,15,16). The summed E-state index contributed by atoms with van der Waals surface area (Å²) in [7, 11) is 0. The Hall–Kier alpha value is -1.47. The molecule has 18 heavy (non-hydrogen) atoms. The van der Waals surface area contributed by atoms with E-state index < -0.39 is 25.5 Å². The Morgan fingerprint density at radius 1 is 1.33 bits per heavy atom. The molecule has 0 bridgehead atoms. The number of aromatic carboxylic acids is 1. The van der Waals surface area contributed by atoms with Gasteiger partial charge in [0.05, 0.1) is 11.6 Å². The van der Waals surface area contributed by atoms with Gasteiger partial charge in [-0.25, -0.2) is 4.79 Å². The number of alkyl halides is 3. The molecule has 0 aromatic heterocycles. The van der Waals surface area contributed by atoms with Gasteiger partial charge >= 0.3 is 12.3 Å². The van der Waals surface area contributed by atoms with Crippen LogP contribution >= 0.6 is 11.6 Å². The molecule has 1 rings (SSSR count). The molecular formula is C10H8ClF3O4. The zero-order valence-corrected chi connectivity index (χ0v) is 9.59. The van der Waals surface area contributed by atoms with Crippen LogP contribution in [0.25, 0.3) is 0 Å². The van der Waals surface area contributed by atoms with Gasteiger partial charge in [-0.1, -0.05) is 17.7 Å². The van der Waals surface area contributed by atoms with Crippen LogP contribution in [0.2, 0.25) is 5.02 Å². The van der Waals surface area contributed by atoms with Crippen molar-refractivity contribution in [2.75, 3.05) is 13.2 Å². The first-order valence-corrected chi connectivity index (χ1v) is 5.04. The van der Waals surface area contributed by atoms with Crippen molar-refractivity contribution in [1.29, 1.82) is 0 Å². The van der Waals surface area contributed by atoms with Crippen LogP contribution in [0.5, 0.6) is 5.75 Å². The molecule has 0 unspecified atom stereocenters. The van der Waals surface area contributed by atoms with Gasteiger partial charge in [-0.2, -0.15) is 0 Å². The highest BCUT2D eigenvalue weighted by molar-refractivity contribution is 6.32. The van der Waals surface area contributed by atoms with Crippen LogP contribution < -0.4 is 4.74 Å². The molecule has 100 valence electrons. The minimum absolute atomic E-state index is 0.00177. The summed E-state index contributed by atoms with van der Waals surface area (Å²) in [6, 6.07) is 3.99. The fourth-order valence-corrected chi connectivity index (χ4v) is 1.35. The molecule has 4 nitrogen and oxygen atoms in total.